The van der Waals surface area contributed by atoms with Gasteiger partial charge in [-0.25, -0.2) is 4.79 Å². The van der Waals surface area contributed by atoms with Crippen LogP contribution in [-0.2, 0) is 14.2 Å². The maximum atomic E-state index is 11.3. The minimum absolute atomic E-state index is 0.191. The third kappa shape index (κ3) is 4.27. The number of nitrogens with zero attached hydrogens (tertiary/aromatic N) is 2. The summed E-state index contributed by atoms with van der Waals surface area (Å²) in [5.74, 6) is -2.54. The fourth-order valence-electron chi connectivity index (χ4n) is 1.51. The van der Waals surface area contributed by atoms with E-state index in [1.54, 1.807) is 0 Å². The number of hydrogen-bond acceptors (Lipinski definition) is 4. The van der Waals surface area contributed by atoms with Gasteiger partial charge in [-0.05, 0) is 23.1 Å². The number of carboxylic acids is 2. The maximum Gasteiger partial charge on any atom is 0.643 e. The van der Waals surface area contributed by atoms with Crippen LogP contribution in [0.25, 0.3) is 0 Å². The summed E-state index contributed by atoms with van der Waals surface area (Å²) in [4.78, 5) is 34.6. The monoisotopic (exact) mass is 287 g/mol. The van der Waals surface area contributed by atoms with Crippen LogP contribution in [0.3, 0.4) is 0 Å². The van der Waals surface area contributed by atoms with Crippen LogP contribution < -0.4 is 4.67 Å². The third-order valence-electron chi connectivity index (χ3n) is 2.32. The summed E-state index contributed by atoms with van der Waals surface area (Å²) in [7, 11) is -2.96. The Morgan fingerprint density at radius 1 is 1.32 bits per heavy atom. The summed E-state index contributed by atoms with van der Waals surface area (Å²) in [5, 5.41) is 17.7. The molecule has 0 fully saturated rings. The molecule has 9 heteroatoms. The molecule has 0 aromatic carbocycles. The van der Waals surface area contributed by atoms with E-state index in [1.807, 2.05) is 0 Å². The van der Waals surface area contributed by atoms with Gasteiger partial charge in [0.2, 0.25) is 0 Å². The molecule has 3 N–H and O–H groups in total. The second-order valence-corrected chi connectivity index (χ2v) is 4.53. The molecule has 0 saturated heterocycles. The first-order chi connectivity index (χ1) is 8.93. The second kappa shape index (κ2) is 6.77. The zero-order chi connectivity index (χ0) is 14.4. The molecule has 1 heterocycles. The Labute approximate surface area is 109 Å². The van der Waals surface area contributed by atoms with Crippen LogP contribution in [0.4, 0.5) is 5.69 Å². The van der Waals surface area contributed by atoms with E-state index >= 15 is 0 Å². The van der Waals surface area contributed by atoms with Crippen LogP contribution in [0.5, 0.6) is 0 Å². The number of pyridine rings is 1. The van der Waals surface area contributed by atoms with Crippen molar-refractivity contribution in [2.75, 3.05) is 4.67 Å². The average Bonchev–Trinajstić information content (AvgIpc) is 2.34. The Kier molecular flexibility index (Phi) is 5.35. The van der Waals surface area contributed by atoms with E-state index in [-0.39, 0.29) is 12.1 Å². The van der Waals surface area contributed by atoms with E-state index in [0.29, 0.717) is 0 Å². The van der Waals surface area contributed by atoms with Gasteiger partial charge in [0.25, 0.3) is 0 Å². The molecule has 0 aliphatic heterocycles. The minimum Gasteiger partial charge on any atom is -0.481 e. The Morgan fingerprint density at radius 2 is 1.89 bits per heavy atom. The fraction of sp³-hybridized carbons (Fsp3) is 0.300. The number of hydrogen-bond donors (Lipinski definition) is 3. The van der Waals surface area contributed by atoms with Crippen LogP contribution in [0.15, 0.2) is 24.5 Å². The molecule has 0 spiro atoms. The predicted octanol–water partition coefficient (Wildman–Crippen LogP) is 0.856. The SMILES string of the molecule is O=C(O)CCC(C(=O)O)N(c1ccncc1)[P+](=O)O. The van der Waals surface area contributed by atoms with Crippen molar-refractivity contribution in [3.8, 4) is 0 Å². The number of anilines is 1. The Hall–Kier alpha value is -2.05. The van der Waals surface area contributed by atoms with Gasteiger partial charge >= 0.3 is 20.1 Å². The summed E-state index contributed by atoms with van der Waals surface area (Å²) >= 11 is 0. The van der Waals surface area contributed by atoms with Crippen LogP contribution in [0, 0.1) is 0 Å². The topological polar surface area (TPSA) is 128 Å². The van der Waals surface area contributed by atoms with E-state index in [1.165, 1.54) is 24.5 Å². The van der Waals surface area contributed by atoms with Gasteiger partial charge in [-0.15, -0.1) is 9.56 Å². The van der Waals surface area contributed by atoms with E-state index in [9.17, 15) is 19.0 Å². The molecular weight excluding hydrogens is 275 g/mol. The maximum absolute atomic E-state index is 11.3. The highest BCUT2D eigenvalue weighted by molar-refractivity contribution is 7.40. The molecule has 1 aromatic rings. The zero-order valence-corrected chi connectivity index (χ0v) is 10.6. The Morgan fingerprint density at radius 3 is 2.32 bits per heavy atom. The molecule has 0 bridgehead atoms. The number of aliphatic carboxylic acids is 2. The largest absolute Gasteiger partial charge is 0.643 e. The first-order valence-corrected chi connectivity index (χ1v) is 6.40. The zero-order valence-electron chi connectivity index (χ0n) is 9.71. The highest BCUT2D eigenvalue weighted by atomic mass is 31.1. The molecule has 0 amide bonds. The molecule has 0 radical (unpaired) electrons. The van der Waals surface area contributed by atoms with Crippen molar-refractivity contribution < 1.29 is 29.3 Å². The van der Waals surface area contributed by atoms with Gasteiger partial charge in [0.05, 0.1) is 5.69 Å². The van der Waals surface area contributed by atoms with Crippen molar-refractivity contribution in [1.82, 2.24) is 4.98 Å². The third-order valence-corrected chi connectivity index (χ3v) is 3.20. The first kappa shape index (κ1) is 15.0. The van der Waals surface area contributed by atoms with Crippen molar-refractivity contribution in [3.05, 3.63) is 24.5 Å². The van der Waals surface area contributed by atoms with Gasteiger partial charge in [-0.2, -0.15) is 0 Å². The smallest absolute Gasteiger partial charge is 0.481 e. The van der Waals surface area contributed by atoms with E-state index < -0.39 is 32.6 Å². The molecule has 0 saturated carbocycles. The highest BCUT2D eigenvalue weighted by Crippen LogP contribution is 2.33. The molecule has 0 aliphatic rings. The van der Waals surface area contributed by atoms with Gasteiger partial charge in [-0.1, -0.05) is 0 Å². The lowest BCUT2D eigenvalue weighted by atomic mass is 10.1. The molecule has 1 rings (SSSR count). The molecule has 2 unspecified atom stereocenters. The van der Waals surface area contributed by atoms with Gasteiger partial charge in [0.1, 0.15) is 0 Å². The number of carbonyl (C=O) groups is 2. The molecule has 1 aromatic heterocycles. The van der Waals surface area contributed by atoms with Crippen LogP contribution in [0.2, 0.25) is 0 Å². The van der Waals surface area contributed by atoms with Crippen molar-refractivity contribution in [3.63, 3.8) is 0 Å². The van der Waals surface area contributed by atoms with E-state index in [4.69, 9.17) is 10.2 Å². The molecule has 0 aliphatic carbocycles. The molecule has 2 atom stereocenters. The number of rotatable bonds is 7. The standard InChI is InChI=1S/C10H11N2O6P/c13-9(14)2-1-8(10(15)16)12(19(17)18)7-3-5-11-6-4-7/h3-6,8H,1-2H2,(H2-,13,14,15,16,17,18)/p+1. The number of aromatic nitrogens is 1. The fourth-order valence-corrected chi connectivity index (χ4v) is 2.29. The van der Waals surface area contributed by atoms with Crippen molar-refractivity contribution in [2.24, 2.45) is 0 Å². The van der Waals surface area contributed by atoms with Crippen molar-refractivity contribution in [1.29, 1.82) is 0 Å². The van der Waals surface area contributed by atoms with E-state index in [2.05, 4.69) is 4.98 Å². The molecule has 102 valence electrons. The summed E-state index contributed by atoms with van der Waals surface area (Å²) in [5.41, 5.74) is 0.191. The lowest BCUT2D eigenvalue weighted by Gasteiger charge is -2.18. The van der Waals surface area contributed by atoms with Crippen LogP contribution in [0.1, 0.15) is 12.8 Å². The average molecular weight is 287 g/mol. The van der Waals surface area contributed by atoms with Gasteiger partial charge in [-0.3, -0.25) is 9.78 Å². The lowest BCUT2D eigenvalue weighted by molar-refractivity contribution is -0.139. The Balaban J connectivity index is 3.03. The summed E-state index contributed by atoms with van der Waals surface area (Å²) < 4.78 is 12.1. The van der Waals surface area contributed by atoms with E-state index in [0.717, 1.165) is 4.67 Å². The number of carboxylic acid groups (broad SMARTS) is 2. The molecule has 19 heavy (non-hydrogen) atoms. The van der Waals surface area contributed by atoms with Crippen LogP contribution in [-0.4, -0.2) is 38.1 Å². The quantitative estimate of drug-likeness (QED) is 0.630. The van der Waals surface area contributed by atoms with Crippen molar-refractivity contribution in [2.45, 2.75) is 18.9 Å². The predicted molar refractivity (Wildman–Crippen MR) is 64.8 cm³/mol. The van der Waals surface area contributed by atoms with Gasteiger partial charge in [0.15, 0.2) is 6.04 Å². The van der Waals surface area contributed by atoms with Crippen molar-refractivity contribution >= 4 is 25.8 Å². The highest BCUT2D eigenvalue weighted by Gasteiger charge is 2.39. The molecular formula is C10H12N2O6P+. The second-order valence-electron chi connectivity index (χ2n) is 3.59. The minimum atomic E-state index is -2.96. The first-order valence-electron chi connectivity index (χ1n) is 5.23. The summed E-state index contributed by atoms with van der Waals surface area (Å²) in [6.07, 6.45) is 1.99. The normalized spacial score (nSPS) is 12.6. The van der Waals surface area contributed by atoms with Gasteiger partial charge in [0, 0.05) is 18.8 Å². The lowest BCUT2D eigenvalue weighted by Crippen LogP contribution is -2.37. The Bertz CT molecular complexity index is 480. The van der Waals surface area contributed by atoms with Crippen LogP contribution >= 0.6 is 8.18 Å². The molecule has 8 nitrogen and oxygen atoms in total. The summed E-state index contributed by atoms with van der Waals surface area (Å²) in [6.45, 7) is 0. The van der Waals surface area contributed by atoms with Gasteiger partial charge < -0.3 is 10.2 Å². The summed E-state index contributed by atoms with van der Waals surface area (Å²) in [6, 6.07) is 1.35.